The van der Waals surface area contributed by atoms with Crippen molar-refractivity contribution in [3.63, 3.8) is 0 Å². The van der Waals surface area contributed by atoms with Crippen molar-refractivity contribution in [1.82, 2.24) is 19.6 Å². The molecule has 0 aliphatic carbocycles. The smallest absolute Gasteiger partial charge is 0.309 e. The van der Waals surface area contributed by atoms with E-state index in [0.717, 1.165) is 16.9 Å². The summed E-state index contributed by atoms with van der Waals surface area (Å²) in [5, 5.41) is 12.9. The van der Waals surface area contributed by atoms with Gasteiger partial charge < -0.3 is 5.11 Å². The van der Waals surface area contributed by atoms with Gasteiger partial charge in [-0.25, -0.2) is 9.50 Å². The largest absolute Gasteiger partial charge is 0.481 e. The molecule has 0 amide bonds. The lowest BCUT2D eigenvalue weighted by atomic mass is 10.1. The summed E-state index contributed by atoms with van der Waals surface area (Å²) >= 11 is 0. The number of imidazole rings is 1. The Bertz CT molecular complexity index is 718. The second-order valence-electron chi connectivity index (χ2n) is 4.06. The lowest BCUT2D eigenvalue weighted by Crippen LogP contribution is -2.02. The number of rotatable bonds is 3. The number of carboxylic acid groups (broad SMARTS) is 1. The van der Waals surface area contributed by atoms with Crippen molar-refractivity contribution in [1.29, 1.82) is 0 Å². The second kappa shape index (κ2) is 4.49. The number of nitrogens with zero attached hydrogens (tertiary/aromatic N) is 4. The number of hydrogen-bond acceptors (Lipinski definition) is 4. The van der Waals surface area contributed by atoms with Crippen molar-refractivity contribution in [3.8, 4) is 11.3 Å². The van der Waals surface area contributed by atoms with E-state index in [0.29, 0.717) is 5.69 Å². The third-order valence-corrected chi connectivity index (χ3v) is 2.68. The summed E-state index contributed by atoms with van der Waals surface area (Å²) in [7, 11) is 0. The van der Waals surface area contributed by atoms with E-state index in [4.69, 9.17) is 5.11 Å². The molecular formula is C13H10N4O2. The number of carboxylic acids is 1. The van der Waals surface area contributed by atoms with Crippen LogP contribution in [0, 0.1) is 0 Å². The van der Waals surface area contributed by atoms with Crippen molar-refractivity contribution in [2.45, 2.75) is 6.42 Å². The number of pyridine rings is 1. The quantitative estimate of drug-likeness (QED) is 0.764. The van der Waals surface area contributed by atoms with Crippen LogP contribution in [0.5, 0.6) is 0 Å². The van der Waals surface area contributed by atoms with E-state index >= 15 is 0 Å². The third kappa shape index (κ3) is 2.28. The summed E-state index contributed by atoms with van der Waals surface area (Å²) in [5.41, 5.74) is 2.83. The molecule has 3 aromatic heterocycles. The zero-order valence-corrected chi connectivity index (χ0v) is 9.89. The molecule has 0 radical (unpaired) electrons. The molecule has 0 aliphatic heterocycles. The van der Waals surface area contributed by atoms with E-state index in [1.165, 1.54) is 0 Å². The highest BCUT2D eigenvalue weighted by atomic mass is 16.4. The normalized spacial score (nSPS) is 10.7. The van der Waals surface area contributed by atoms with E-state index in [-0.39, 0.29) is 6.42 Å². The number of carbonyl (C=O) groups is 1. The molecule has 0 unspecified atom stereocenters. The van der Waals surface area contributed by atoms with Gasteiger partial charge in [0.05, 0.1) is 24.0 Å². The van der Waals surface area contributed by atoms with E-state index in [9.17, 15) is 4.79 Å². The zero-order valence-electron chi connectivity index (χ0n) is 9.89. The lowest BCUT2D eigenvalue weighted by molar-refractivity contribution is -0.136. The molecule has 94 valence electrons. The van der Waals surface area contributed by atoms with Crippen LogP contribution < -0.4 is 0 Å². The molecule has 0 saturated carbocycles. The molecule has 3 heterocycles. The molecule has 0 bridgehead atoms. The first-order valence-corrected chi connectivity index (χ1v) is 5.70. The first-order chi connectivity index (χ1) is 9.22. The maximum absolute atomic E-state index is 10.7. The Balaban J connectivity index is 2.03. The molecule has 0 aliphatic rings. The Morgan fingerprint density at radius 2 is 2.21 bits per heavy atom. The molecule has 1 N–H and O–H groups in total. The van der Waals surface area contributed by atoms with Crippen LogP contribution in [0.15, 0.2) is 42.9 Å². The Labute approximate surface area is 108 Å². The van der Waals surface area contributed by atoms with Gasteiger partial charge in [0.2, 0.25) is 0 Å². The van der Waals surface area contributed by atoms with Gasteiger partial charge in [-0.15, -0.1) is 0 Å². The van der Waals surface area contributed by atoms with Gasteiger partial charge in [0, 0.05) is 18.0 Å². The summed E-state index contributed by atoms with van der Waals surface area (Å²) in [4.78, 5) is 19.1. The lowest BCUT2D eigenvalue weighted by Gasteiger charge is -1.99. The molecule has 6 nitrogen and oxygen atoms in total. The van der Waals surface area contributed by atoms with Gasteiger partial charge in [-0.3, -0.25) is 9.78 Å². The summed E-state index contributed by atoms with van der Waals surface area (Å²) in [6.07, 6.45) is 4.97. The summed E-state index contributed by atoms with van der Waals surface area (Å²) in [5.74, 6) is -0.902. The Kier molecular flexibility index (Phi) is 2.68. The first-order valence-electron chi connectivity index (χ1n) is 5.70. The number of hydrogen-bond donors (Lipinski definition) is 1. The van der Waals surface area contributed by atoms with Gasteiger partial charge in [0.15, 0.2) is 5.65 Å². The van der Waals surface area contributed by atoms with Gasteiger partial charge in [-0.2, -0.15) is 5.10 Å². The minimum atomic E-state index is -0.902. The van der Waals surface area contributed by atoms with E-state index in [1.54, 1.807) is 35.2 Å². The summed E-state index contributed by atoms with van der Waals surface area (Å²) in [6.45, 7) is 0. The Hall–Kier alpha value is -2.76. The van der Waals surface area contributed by atoms with E-state index < -0.39 is 5.97 Å². The minimum absolute atomic E-state index is 0.0978. The van der Waals surface area contributed by atoms with Crippen molar-refractivity contribution in [2.24, 2.45) is 0 Å². The molecule has 3 aromatic rings. The van der Waals surface area contributed by atoms with Crippen LogP contribution in [0.1, 0.15) is 5.69 Å². The monoisotopic (exact) mass is 254 g/mol. The number of fused-ring (bicyclic) bond motifs is 1. The summed E-state index contributed by atoms with van der Waals surface area (Å²) < 4.78 is 1.67. The highest BCUT2D eigenvalue weighted by Gasteiger charge is 2.07. The second-order valence-corrected chi connectivity index (χ2v) is 4.06. The van der Waals surface area contributed by atoms with Crippen molar-refractivity contribution in [2.75, 3.05) is 0 Å². The third-order valence-electron chi connectivity index (χ3n) is 2.68. The molecule has 3 rings (SSSR count). The molecule has 0 fully saturated rings. The van der Waals surface area contributed by atoms with Crippen LogP contribution in [0.2, 0.25) is 0 Å². The van der Waals surface area contributed by atoms with Gasteiger partial charge in [0.1, 0.15) is 0 Å². The number of aliphatic carboxylic acids is 1. The molecule has 0 spiro atoms. The SMILES string of the molecule is O=C(O)Cc1cc(-c2cn3ncccc3n2)ccn1. The fraction of sp³-hybridized carbons (Fsp3) is 0.0769. The van der Waals surface area contributed by atoms with Crippen LogP contribution in [0.3, 0.4) is 0 Å². The Morgan fingerprint density at radius 1 is 1.32 bits per heavy atom. The predicted octanol–water partition coefficient (Wildman–Crippen LogP) is 1.42. The molecular weight excluding hydrogens is 244 g/mol. The molecule has 0 saturated heterocycles. The van der Waals surface area contributed by atoms with Crippen LogP contribution in [0.25, 0.3) is 16.9 Å². The molecule has 0 atom stereocenters. The average molecular weight is 254 g/mol. The average Bonchev–Trinajstić information content (AvgIpc) is 2.82. The van der Waals surface area contributed by atoms with E-state index in [1.807, 2.05) is 12.1 Å². The van der Waals surface area contributed by atoms with Gasteiger partial charge in [-0.1, -0.05) is 0 Å². The fourth-order valence-corrected chi connectivity index (χ4v) is 1.86. The van der Waals surface area contributed by atoms with Crippen LogP contribution in [-0.4, -0.2) is 30.7 Å². The van der Waals surface area contributed by atoms with Crippen molar-refractivity contribution in [3.05, 3.63) is 48.5 Å². The van der Waals surface area contributed by atoms with Crippen LogP contribution in [0.4, 0.5) is 0 Å². The maximum atomic E-state index is 10.7. The number of aromatic nitrogens is 4. The van der Waals surface area contributed by atoms with Gasteiger partial charge in [0.25, 0.3) is 0 Å². The van der Waals surface area contributed by atoms with E-state index in [2.05, 4.69) is 15.1 Å². The highest BCUT2D eigenvalue weighted by molar-refractivity contribution is 5.71. The minimum Gasteiger partial charge on any atom is -0.481 e. The topological polar surface area (TPSA) is 80.4 Å². The molecule has 19 heavy (non-hydrogen) atoms. The molecule has 6 heteroatoms. The highest BCUT2D eigenvalue weighted by Crippen LogP contribution is 2.18. The predicted molar refractivity (Wildman–Crippen MR) is 67.6 cm³/mol. The van der Waals surface area contributed by atoms with Crippen LogP contribution >= 0.6 is 0 Å². The summed E-state index contributed by atoms with van der Waals surface area (Å²) in [6, 6.07) is 7.20. The first kappa shape index (κ1) is 11.3. The van der Waals surface area contributed by atoms with Crippen molar-refractivity contribution < 1.29 is 9.90 Å². The van der Waals surface area contributed by atoms with Crippen molar-refractivity contribution >= 4 is 11.6 Å². The zero-order chi connectivity index (χ0) is 13.2. The fourth-order valence-electron chi connectivity index (χ4n) is 1.86. The van der Waals surface area contributed by atoms with Gasteiger partial charge >= 0.3 is 5.97 Å². The van der Waals surface area contributed by atoms with Gasteiger partial charge in [-0.05, 0) is 24.3 Å². The van der Waals surface area contributed by atoms with Crippen LogP contribution in [-0.2, 0) is 11.2 Å². The Morgan fingerprint density at radius 3 is 3.00 bits per heavy atom. The maximum Gasteiger partial charge on any atom is 0.309 e. The molecule has 0 aromatic carbocycles. The standard InChI is InChI=1S/C13H10N4O2/c18-13(19)7-10-6-9(3-5-14-10)11-8-17-12(16-11)2-1-4-15-17/h1-6,8H,7H2,(H,18,19).